The van der Waals surface area contributed by atoms with Crippen LogP contribution in [-0.2, 0) is 11.3 Å². The van der Waals surface area contributed by atoms with Crippen LogP contribution in [0, 0.1) is 0 Å². The quantitative estimate of drug-likeness (QED) is 0.430. The van der Waals surface area contributed by atoms with Crippen molar-refractivity contribution < 1.29 is 9.59 Å². The van der Waals surface area contributed by atoms with Gasteiger partial charge in [0.15, 0.2) is 0 Å². The van der Waals surface area contributed by atoms with E-state index in [4.69, 9.17) is 17.2 Å². The number of piperidine rings is 1. The second-order valence-corrected chi connectivity index (χ2v) is 10.9. The molecule has 0 spiro atoms. The Kier molecular flexibility index (Phi) is 8.16. The molecular formula is C26H39N9O3. The highest BCUT2D eigenvalue weighted by molar-refractivity contribution is 5.89. The fraction of sp³-hybridized carbons (Fsp3) is 0.538. The maximum Gasteiger partial charge on any atom is 0.354 e. The van der Waals surface area contributed by atoms with Crippen LogP contribution in [0.3, 0.4) is 0 Å². The highest BCUT2D eigenvalue weighted by atomic mass is 16.2. The van der Waals surface area contributed by atoms with Gasteiger partial charge < -0.3 is 27.0 Å². The Hall–Kier alpha value is -3.32. The van der Waals surface area contributed by atoms with Crippen molar-refractivity contribution in [1.82, 2.24) is 24.3 Å². The first kappa shape index (κ1) is 27.7. The Morgan fingerprint density at radius 1 is 1.05 bits per heavy atom. The van der Waals surface area contributed by atoms with Gasteiger partial charge in [0.25, 0.3) is 0 Å². The summed E-state index contributed by atoms with van der Waals surface area (Å²) in [5, 5.41) is 2.68. The summed E-state index contributed by atoms with van der Waals surface area (Å²) < 4.78 is 1.43. The molecule has 2 fully saturated rings. The second-order valence-electron chi connectivity index (χ2n) is 10.9. The molecule has 7 N–H and O–H groups in total. The number of likely N-dealkylation sites (tertiary alicyclic amines) is 1. The molecule has 2 aliphatic rings. The van der Waals surface area contributed by atoms with E-state index in [1.807, 2.05) is 31.2 Å². The number of amides is 3. The van der Waals surface area contributed by atoms with Crippen LogP contribution < -0.4 is 28.2 Å². The van der Waals surface area contributed by atoms with E-state index in [-0.39, 0.29) is 30.9 Å². The van der Waals surface area contributed by atoms with Crippen LogP contribution in [0.1, 0.15) is 39.2 Å². The van der Waals surface area contributed by atoms with E-state index in [0.29, 0.717) is 11.7 Å². The van der Waals surface area contributed by atoms with Gasteiger partial charge in [0.05, 0.1) is 23.9 Å². The molecule has 12 nitrogen and oxygen atoms in total. The van der Waals surface area contributed by atoms with Gasteiger partial charge in [-0.1, -0.05) is 12.1 Å². The van der Waals surface area contributed by atoms with E-state index >= 15 is 0 Å². The third-order valence-electron chi connectivity index (χ3n) is 7.14. The number of carbonyl (C=O) groups is 2. The first-order valence-corrected chi connectivity index (χ1v) is 13.0. The number of rotatable bonds is 5. The topological polar surface area (TPSA) is 169 Å². The molecule has 2 saturated heterocycles. The smallest absolute Gasteiger partial charge is 0.328 e. The van der Waals surface area contributed by atoms with E-state index in [0.717, 1.165) is 32.5 Å². The fourth-order valence-corrected chi connectivity index (χ4v) is 4.87. The SMILES string of the molecule is CC1CN(C(=O)C(C)(C)N)[C@H](N)CN1C(=O)Nc1ccn(-c2ccc(CN3CCC(N)CC3)cc2)c(=O)n1. The van der Waals surface area contributed by atoms with Crippen LogP contribution in [0.15, 0.2) is 41.3 Å². The summed E-state index contributed by atoms with van der Waals surface area (Å²) in [6.45, 7) is 8.28. The van der Waals surface area contributed by atoms with Crippen molar-refractivity contribution in [3.8, 4) is 5.69 Å². The summed E-state index contributed by atoms with van der Waals surface area (Å²) in [5.74, 6) is -0.134. The minimum atomic E-state index is -1.06. The van der Waals surface area contributed by atoms with E-state index in [1.54, 1.807) is 26.1 Å². The molecule has 12 heteroatoms. The van der Waals surface area contributed by atoms with Crippen LogP contribution in [0.25, 0.3) is 5.69 Å². The second kappa shape index (κ2) is 11.2. The lowest BCUT2D eigenvalue weighted by Crippen LogP contribution is -2.67. The maximum atomic E-state index is 13.0. The highest BCUT2D eigenvalue weighted by Gasteiger charge is 2.38. The van der Waals surface area contributed by atoms with Gasteiger partial charge >= 0.3 is 11.7 Å². The molecule has 0 bridgehead atoms. The Labute approximate surface area is 222 Å². The third-order valence-corrected chi connectivity index (χ3v) is 7.14. The average molecular weight is 526 g/mol. The van der Waals surface area contributed by atoms with E-state index < -0.39 is 23.4 Å². The van der Waals surface area contributed by atoms with Crippen molar-refractivity contribution in [3.05, 3.63) is 52.6 Å². The van der Waals surface area contributed by atoms with E-state index in [1.165, 1.54) is 19.9 Å². The molecule has 0 saturated carbocycles. The van der Waals surface area contributed by atoms with Crippen molar-refractivity contribution in [3.63, 3.8) is 0 Å². The zero-order valence-corrected chi connectivity index (χ0v) is 22.3. The predicted octanol–water partition coefficient (Wildman–Crippen LogP) is 0.242. The Bertz CT molecular complexity index is 1200. The van der Waals surface area contributed by atoms with E-state index in [9.17, 15) is 14.4 Å². The number of anilines is 1. The minimum absolute atomic E-state index is 0.127. The lowest BCUT2D eigenvalue weighted by molar-refractivity contribution is -0.141. The van der Waals surface area contributed by atoms with Gasteiger partial charge in [-0.15, -0.1) is 0 Å². The maximum absolute atomic E-state index is 13.0. The number of hydrogen-bond acceptors (Lipinski definition) is 8. The summed E-state index contributed by atoms with van der Waals surface area (Å²) in [6, 6.07) is 8.91. The molecule has 0 radical (unpaired) electrons. The fourth-order valence-electron chi connectivity index (χ4n) is 4.87. The van der Waals surface area contributed by atoms with Crippen LogP contribution in [0.2, 0.25) is 0 Å². The predicted molar refractivity (Wildman–Crippen MR) is 145 cm³/mol. The van der Waals surface area contributed by atoms with Gasteiger partial charge in [-0.25, -0.2) is 9.59 Å². The van der Waals surface area contributed by atoms with Crippen LogP contribution in [-0.4, -0.2) is 86.2 Å². The number of urea groups is 1. The van der Waals surface area contributed by atoms with Gasteiger partial charge in [0.1, 0.15) is 5.82 Å². The first-order valence-electron chi connectivity index (χ1n) is 13.0. The average Bonchev–Trinajstić information content (AvgIpc) is 2.86. The molecular weight excluding hydrogens is 486 g/mol. The molecule has 1 unspecified atom stereocenters. The molecule has 1 aromatic heterocycles. The number of nitrogens with two attached hydrogens (primary N) is 3. The van der Waals surface area contributed by atoms with Crippen molar-refractivity contribution in [2.45, 2.75) is 63.9 Å². The summed E-state index contributed by atoms with van der Waals surface area (Å²) in [7, 11) is 0. The first-order chi connectivity index (χ1) is 17.9. The molecule has 3 heterocycles. The minimum Gasteiger partial charge on any atom is -0.328 e. The zero-order valence-electron chi connectivity index (χ0n) is 22.3. The van der Waals surface area contributed by atoms with Crippen molar-refractivity contribution >= 4 is 17.8 Å². The van der Waals surface area contributed by atoms with Crippen molar-refractivity contribution in [2.75, 3.05) is 31.5 Å². The summed E-state index contributed by atoms with van der Waals surface area (Å²) in [5.41, 5.74) is 18.4. The van der Waals surface area contributed by atoms with Crippen LogP contribution in [0.4, 0.5) is 10.6 Å². The normalized spacial score (nSPS) is 21.4. The van der Waals surface area contributed by atoms with Gasteiger partial charge in [-0.3, -0.25) is 19.6 Å². The summed E-state index contributed by atoms with van der Waals surface area (Å²) in [6.07, 6.45) is 2.91. The molecule has 206 valence electrons. The zero-order chi connectivity index (χ0) is 27.6. The Balaban J connectivity index is 1.37. The van der Waals surface area contributed by atoms with Crippen LogP contribution >= 0.6 is 0 Å². The molecule has 3 amide bonds. The van der Waals surface area contributed by atoms with Gasteiger partial charge in [0.2, 0.25) is 5.91 Å². The lowest BCUT2D eigenvalue weighted by atomic mass is 10.0. The molecule has 1 aromatic carbocycles. The van der Waals surface area contributed by atoms with E-state index in [2.05, 4.69) is 15.2 Å². The number of nitrogens with zero attached hydrogens (tertiary/aromatic N) is 5. The molecule has 2 aliphatic heterocycles. The van der Waals surface area contributed by atoms with Crippen molar-refractivity contribution in [1.29, 1.82) is 0 Å². The number of aromatic nitrogens is 2. The summed E-state index contributed by atoms with van der Waals surface area (Å²) in [4.78, 5) is 47.8. The van der Waals surface area contributed by atoms with Crippen molar-refractivity contribution in [2.24, 2.45) is 17.2 Å². The highest BCUT2D eigenvalue weighted by Crippen LogP contribution is 2.18. The Morgan fingerprint density at radius 2 is 1.71 bits per heavy atom. The third kappa shape index (κ3) is 6.38. The monoisotopic (exact) mass is 525 g/mol. The molecule has 0 aliphatic carbocycles. The van der Waals surface area contributed by atoms with Crippen LogP contribution in [0.5, 0.6) is 0 Å². The molecule has 2 aromatic rings. The number of carbonyl (C=O) groups excluding carboxylic acids is 2. The summed E-state index contributed by atoms with van der Waals surface area (Å²) >= 11 is 0. The van der Waals surface area contributed by atoms with Gasteiger partial charge in [-0.2, -0.15) is 4.98 Å². The lowest BCUT2D eigenvalue weighted by Gasteiger charge is -2.45. The number of nitrogens with one attached hydrogen (secondary N) is 1. The number of piperazine rings is 1. The Morgan fingerprint density at radius 3 is 2.32 bits per heavy atom. The van der Waals surface area contributed by atoms with Gasteiger partial charge in [-0.05, 0) is 70.5 Å². The molecule has 38 heavy (non-hydrogen) atoms. The molecule has 2 atom stereocenters. The molecule has 4 rings (SSSR count). The number of benzene rings is 1. The van der Waals surface area contributed by atoms with Gasteiger partial charge in [0, 0.05) is 31.4 Å². The standard InChI is InChI=1S/C26H39N9O3/c1-17-14-35(23(36)26(2,3)29)21(28)16-34(17)25(38)31-22-10-13-33(24(37)30-22)20-6-4-18(5-7-20)15-32-11-8-19(27)9-12-32/h4-7,10,13,17,19,21H,8-9,11-12,14-16,27-29H2,1-3H3,(H,30,31,37,38)/t17?,21-/m0/s1. The largest absolute Gasteiger partial charge is 0.354 e. The number of hydrogen-bond donors (Lipinski definition) is 4.